The third kappa shape index (κ3) is 6.87. The minimum atomic E-state index is -2.05. The van der Waals surface area contributed by atoms with Gasteiger partial charge in [-0.3, -0.25) is 0 Å². The Morgan fingerprint density at radius 1 is 1.09 bits per heavy atom. The van der Waals surface area contributed by atoms with Crippen LogP contribution < -0.4 is 0 Å². The molecule has 11 heavy (non-hydrogen) atoms. The summed E-state index contributed by atoms with van der Waals surface area (Å²) >= 11 is 4.35. The standard InChI is InChI=1S/C7H18O2SSi/c1-4-6-8-11(3,10)9-7-5-2/h10H,4-7H2,1-3H3. The number of hydrogen-bond acceptors (Lipinski definition) is 3. The van der Waals surface area contributed by atoms with Gasteiger partial charge >= 0.3 is 7.71 Å². The van der Waals surface area contributed by atoms with Crippen LogP contribution in [0.25, 0.3) is 0 Å². The molecular weight excluding hydrogens is 176 g/mol. The van der Waals surface area contributed by atoms with Crippen molar-refractivity contribution >= 4 is 19.8 Å². The van der Waals surface area contributed by atoms with Crippen LogP contribution in [0.2, 0.25) is 6.55 Å². The Hall–Kier alpha value is 0.487. The second-order valence-electron chi connectivity index (χ2n) is 2.59. The largest absolute Gasteiger partial charge is 0.399 e. The molecule has 68 valence electrons. The number of thiol groups is 1. The van der Waals surface area contributed by atoms with Crippen LogP contribution in [-0.2, 0) is 8.85 Å². The molecule has 0 saturated carbocycles. The van der Waals surface area contributed by atoms with Gasteiger partial charge in [-0.2, -0.15) is 0 Å². The molecule has 0 aliphatic heterocycles. The lowest BCUT2D eigenvalue weighted by atomic mass is 10.5. The Morgan fingerprint density at radius 2 is 1.45 bits per heavy atom. The highest BCUT2D eigenvalue weighted by molar-refractivity contribution is 8.12. The van der Waals surface area contributed by atoms with Crippen molar-refractivity contribution in [1.29, 1.82) is 0 Å². The fourth-order valence-corrected chi connectivity index (χ4v) is 2.42. The average Bonchev–Trinajstić information content (AvgIpc) is 1.97. The molecule has 0 heterocycles. The minimum absolute atomic E-state index is 0.760. The van der Waals surface area contributed by atoms with Gasteiger partial charge in [-0.15, -0.1) is 12.1 Å². The van der Waals surface area contributed by atoms with Crippen LogP contribution in [0.1, 0.15) is 26.7 Å². The highest BCUT2D eigenvalue weighted by atomic mass is 32.3. The van der Waals surface area contributed by atoms with Crippen molar-refractivity contribution in [2.24, 2.45) is 0 Å². The molecule has 0 aromatic carbocycles. The Kier molecular flexibility index (Phi) is 6.32. The van der Waals surface area contributed by atoms with Gasteiger partial charge in [0.25, 0.3) is 0 Å². The van der Waals surface area contributed by atoms with Gasteiger partial charge in [-0.25, -0.2) is 0 Å². The van der Waals surface area contributed by atoms with Gasteiger partial charge in [-0.1, -0.05) is 13.8 Å². The zero-order chi connectivity index (χ0) is 8.74. The Balaban J connectivity index is 3.43. The van der Waals surface area contributed by atoms with Gasteiger partial charge in [0.15, 0.2) is 0 Å². The summed E-state index contributed by atoms with van der Waals surface area (Å²) in [6.07, 6.45) is 2.05. The third-order valence-electron chi connectivity index (χ3n) is 1.15. The molecule has 0 rings (SSSR count). The van der Waals surface area contributed by atoms with Crippen LogP contribution in [0, 0.1) is 0 Å². The zero-order valence-electron chi connectivity index (χ0n) is 7.59. The van der Waals surface area contributed by atoms with Crippen molar-refractivity contribution in [3.63, 3.8) is 0 Å². The molecule has 0 amide bonds. The van der Waals surface area contributed by atoms with Crippen LogP contribution in [0.5, 0.6) is 0 Å². The van der Waals surface area contributed by atoms with E-state index in [2.05, 4.69) is 25.9 Å². The predicted octanol–water partition coefficient (Wildman–Crippen LogP) is 2.34. The second kappa shape index (κ2) is 6.05. The van der Waals surface area contributed by atoms with Crippen LogP contribution in [0.3, 0.4) is 0 Å². The molecule has 0 radical (unpaired) electrons. The lowest BCUT2D eigenvalue weighted by molar-refractivity contribution is 0.195. The van der Waals surface area contributed by atoms with Crippen molar-refractivity contribution < 1.29 is 8.85 Å². The maximum absolute atomic E-state index is 5.46. The Bertz CT molecular complexity index is 88.4. The third-order valence-corrected chi connectivity index (χ3v) is 3.40. The summed E-state index contributed by atoms with van der Waals surface area (Å²) in [4.78, 5) is 0. The summed E-state index contributed by atoms with van der Waals surface area (Å²) in [7, 11) is -2.05. The molecule has 0 aliphatic rings. The van der Waals surface area contributed by atoms with E-state index in [9.17, 15) is 0 Å². The van der Waals surface area contributed by atoms with Crippen molar-refractivity contribution in [2.75, 3.05) is 13.2 Å². The monoisotopic (exact) mass is 194 g/mol. The number of hydrogen-bond donors (Lipinski definition) is 1. The zero-order valence-corrected chi connectivity index (χ0v) is 9.49. The fourth-order valence-electron chi connectivity index (χ4n) is 0.625. The van der Waals surface area contributed by atoms with Crippen LogP contribution in [0.4, 0.5) is 0 Å². The van der Waals surface area contributed by atoms with E-state index in [0.717, 1.165) is 26.1 Å². The van der Waals surface area contributed by atoms with Crippen molar-refractivity contribution in [3.05, 3.63) is 0 Å². The first-order valence-electron chi connectivity index (χ1n) is 4.12. The average molecular weight is 194 g/mol. The SMILES string of the molecule is CCCO[Si](C)(S)OCCC. The molecular formula is C7H18O2SSi. The molecule has 0 bridgehead atoms. The summed E-state index contributed by atoms with van der Waals surface area (Å²) in [5, 5.41) is 0. The fraction of sp³-hybridized carbons (Fsp3) is 1.00. The van der Waals surface area contributed by atoms with E-state index in [1.807, 2.05) is 6.55 Å². The first-order valence-corrected chi connectivity index (χ1v) is 7.73. The lowest BCUT2D eigenvalue weighted by Crippen LogP contribution is -2.32. The van der Waals surface area contributed by atoms with Crippen molar-refractivity contribution in [2.45, 2.75) is 33.2 Å². The molecule has 0 aromatic heterocycles. The van der Waals surface area contributed by atoms with E-state index >= 15 is 0 Å². The van der Waals surface area contributed by atoms with Gasteiger partial charge in [0.05, 0.1) is 0 Å². The van der Waals surface area contributed by atoms with Crippen LogP contribution in [-0.4, -0.2) is 20.9 Å². The van der Waals surface area contributed by atoms with Crippen LogP contribution in [0.15, 0.2) is 0 Å². The minimum Gasteiger partial charge on any atom is -0.387 e. The highest BCUT2D eigenvalue weighted by Crippen LogP contribution is 2.12. The summed E-state index contributed by atoms with van der Waals surface area (Å²) in [5.74, 6) is 0. The molecule has 0 aromatic rings. The van der Waals surface area contributed by atoms with Gasteiger partial charge in [0, 0.05) is 13.2 Å². The molecule has 0 saturated heterocycles. The van der Waals surface area contributed by atoms with E-state index in [-0.39, 0.29) is 0 Å². The Morgan fingerprint density at radius 3 is 1.73 bits per heavy atom. The summed E-state index contributed by atoms with van der Waals surface area (Å²) in [5.41, 5.74) is 0. The van der Waals surface area contributed by atoms with Gasteiger partial charge in [-0.05, 0) is 19.4 Å². The second-order valence-corrected chi connectivity index (χ2v) is 7.40. The molecule has 0 N–H and O–H groups in total. The highest BCUT2D eigenvalue weighted by Gasteiger charge is 2.25. The molecule has 2 nitrogen and oxygen atoms in total. The molecule has 0 fully saturated rings. The summed E-state index contributed by atoms with van der Waals surface area (Å²) in [6.45, 7) is 7.64. The van der Waals surface area contributed by atoms with E-state index < -0.39 is 7.71 Å². The first-order chi connectivity index (χ1) is 5.12. The summed E-state index contributed by atoms with van der Waals surface area (Å²) in [6, 6.07) is 0. The first kappa shape index (κ1) is 11.5. The van der Waals surface area contributed by atoms with Gasteiger partial charge in [0.2, 0.25) is 0 Å². The topological polar surface area (TPSA) is 18.5 Å². The van der Waals surface area contributed by atoms with E-state index in [1.54, 1.807) is 0 Å². The normalized spacial score (nSPS) is 12.0. The molecule has 0 spiro atoms. The molecule has 0 unspecified atom stereocenters. The summed E-state index contributed by atoms with van der Waals surface area (Å²) < 4.78 is 10.9. The predicted molar refractivity (Wildman–Crippen MR) is 53.1 cm³/mol. The lowest BCUT2D eigenvalue weighted by Gasteiger charge is -2.20. The smallest absolute Gasteiger partial charge is 0.387 e. The van der Waals surface area contributed by atoms with E-state index in [1.165, 1.54) is 0 Å². The van der Waals surface area contributed by atoms with Gasteiger partial charge in [0.1, 0.15) is 0 Å². The molecule has 4 heteroatoms. The maximum Gasteiger partial charge on any atom is 0.399 e. The quantitative estimate of drug-likeness (QED) is 0.517. The van der Waals surface area contributed by atoms with E-state index in [0.29, 0.717) is 0 Å². The molecule has 0 atom stereocenters. The Labute approximate surface area is 75.6 Å². The molecule has 0 aliphatic carbocycles. The van der Waals surface area contributed by atoms with Crippen LogP contribution >= 0.6 is 12.1 Å². The van der Waals surface area contributed by atoms with E-state index in [4.69, 9.17) is 8.85 Å². The van der Waals surface area contributed by atoms with Crippen molar-refractivity contribution in [1.82, 2.24) is 0 Å². The van der Waals surface area contributed by atoms with Gasteiger partial charge < -0.3 is 8.85 Å². The maximum atomic E-state index is 5.46. The number of rotatable bonds is 6. The van der Waals surface area contributed by atoms with Crippen molar-refractivity contribution in [3.8, 4) is 0 Å².